The first kappa shape index (κ1) is 14.5. The number of aromatic nitrogens is 1. The summed E-state index contributed by atoms with van der Waals surface area (Å²) in [6.45, 7) is 1.95. The van der Waals surface area contributed by atoms with Gasteiger partial charge in [-0.2, -0.15) is 5.10 Å². The van der Waals surface area contributed by atoms with Crippen LogP contribution in [-0.4, -0.2) is 16.7 Å². The molecular weight excluding hydrogens is 269 g/mol. The summed E-state index contributed by atoms with van der Waals surface area (Å²) in [7, 11) is 0. The van der Waals surface area contributed by atoms with E-state index in [-0.39, 0.29) is 11.8 Å². The van der Waals surface area contributed by atoms with Gasteiger partial charge in [0.05, 0.1) is 0 Å². The van der Waals surface area contributed by atoms with Gasteiger partial charge in [-0.15, -0.1) is 5.10 Å². The minimum absolute atomic E-state index is 0.0900. The van der Waals surface area contributed by atoms with Gasteiger partial charge >= 0.3 is 0 Å². The smallest absolute Gasteiger partial charge is 0.211 e. The van der Waals surface area contributed by atoms with Crippen LogP contribution in [0.5, 0.6) is 0 Å². The molecule has 0 aliphatic heterocycles. The van der Waals surface area contributed by atoms with Crippen LogP contribution in [0.4, 0.5) is 4.39 Å². The van der Waals surface area contributed by atoms with Crippen LogP contribution < -0.4 is 11.5 Å². The van der Waals surface area contributed by atoms with Gasteiger partial charge in [-0.1, -0.05) is 12.1 Å². The van der Waals surface area contributed by atoms with Crippen LogP contribution in [0.3, 0.4) is 0 Å². The SMILES string of the molecule is Cc1cc(/C=C/C=N/N=C(N)N)cn1-c1cccc(F)c1. The van der Waals surface area contributed by atoms with Gasteiger partial charge in [-0.3, -0.25) is 0 Å². The summed E-state index contributed by atoms with van der Waals surface area (Å²) in [5.41, 5.74) is 13.0. The first-order chi connectivity index (χ1) is 10.1. The lowest BCUT2D eigenvalue weighted by molar-refractivity contribution is 0.626. The molecule has 5 nitrogen and oxygen atoms in total. The summed E-state index contributed by atoms with van der Waals surface area (Å²) in [4.78, 5) is 0. The van der Waals surface area contributed by atoms with E-state index in [1.807, 2.05) is 35.9 Å². The van der Waals surface area contributed by atoms with Gasteiger partial charge in [-0.05, 0) is 42.8 Å². The number of hydrogen-bond acceptors (Lipinski definition) is 2. The van der Waals surface area contributed by atoms with Gasteiger partial charge in [0.1, 0.15) is 5.82 Å². The molecule has 0 saturated carbocycles. The van der Waals surface area contributed by atoms with E-state index >= 15 is 0 Å². The Kier molecular flexibility index (Phi) is 4.50. The Balaban J connectivity index is 2.18. The minimum atomic E-state index is -0.262. The Bertz CT molecular complexity index is 709. The van der Waals surface area contributed by atoms with Crippen LogP contribution >= 0.6 is 0 Å². The van der Waals surface area contributed by atoms with Crippen LogP contribution in [0.25, 0.3) is 11.8 Å². The number of guanidine groups is 1. The maximum Gasteiger partial charge on any atom is 0.211 e. The largest absolute Gasteiger partial charge is 0.369 e. The molecule has 0 unspecified atom stereocenters. The Morgan fingerprint density at radius 1 is 1.29 bits per heavy atom. The average molecular weight is 285 g/mol. The van der Waals surface area contributed by atoms with Crippen LogP contribution in [0.2, 0.25) is 0 Å². The third kappa shape index (κ3) is 4.04. The van der Waals surface area contributed by atoms with Crippen molar-refractivity contribution >= 4 is 18.3 Å². The molecule has 1 aromatic carbocycles. The lowest BCUT2D eigenvalue weighted by atomic mass is 10.3. The summed E-state index contributed by atoms with van der Waals surface area (Å²) < 4.78 is 15.2. The molecule has 1 heterocycles. The standard InChI is InChI=1S/C15H16FN5/c1-11-8-12(4-3-7-19-20-15(17)18)10-21(11)14-6-2-5-13(16)9-14/h2-10H,1H3,(H4,17,18,20)/b4-3+,19-7+. The summed E-state index contributed by atoms with van der Waals surface area (Å²) in [5.74, 6) is -0.352. The van der Waals surface area contributed by atoms with Crippen molar-refractivity contribution in [2.45, 2.75) is 6.92 Å². The highest BCUT2D eigenvalue weighted by Gasteiger charge is 2.03. The molecule has 2 rings (SSSR count). The molecule has 0 bridgehead atoms. The van der Waals surface area contributed by atoms with Gasteiger partial charge in [-0.25, -0.2) is 4.39 Å². The molecule has 0 aliphatic carbocycles. The van der Waals surface area contributed by atoms with Crippen molar-refractivity contribution in [3.8, 4) is 5.69 Å². The van der Waals surface area contributed by atoms with E-state index in [1.165, 1.54) is 18.3 Å². The van der Waals surface area contributed by atoms with Crippen molar-refractivity contribution in [2.24, 2.45) is 21.7 Å². The fourth-order valence-corrected chi connectivity index (χ4v) is 1.89. The first-order valence-electron chi connectivity index (χ1n) is 6.30. The highest BCUT2D eigenvalue weighted by atomic mass is 19.1. The molecule has 0 radical (unpaired) electrons. The topological polar surface area (TPSA) is 81.7 Å². The number of hydrogen-bond donors (Lipinski definition) is 2. The van der Waals surface area contributed by atoms with E-state index in [2.05, 4.69) is 10.2 Å². The van der Waals surface area contributed by atoms with Crippen molar-refractivity contribution < 1.29 is 4.39 Å². The Morgan fingerprint density at radius 2 is 2.10 bits per heavy atom. The quantitative estimate of drug-likeness (QED) is 0.513. The van der Waals surface area contributed by atoms with Gasteiger partial charge in [0.15, 0.2) is 0 Å². The van der Waals surface area contributed by atoms with Gasteiger partial charge in [0.2, 0.25) is 5.96 Å². The summed E-state index contributed by atoms with van der Waals surface area (Å²) in [5, 5.41) is 7.13. The molecular formula is C15H16FN5. The number of halogens is 1. The molecule has 21 heavy (non-hydrogen) atoms. The van der Waals surface area contributed by atoms with E-state index in [0.717, 1.165) is 16.9 Å². The minimum Gasteiger partial charge on any atom is -0.369 e. The number of rotatable bonds is 4. The lowest BCUT2D eigenvalue weighted by Crippen LogP contribution is -2.21. The number of allylic oxidation sites excluding steroid dienone is 1. The first-order valence-corrected chi connectivity index (χ1v) is 6.30. The predicted molar refractivity (Wildman–Crippen MR) is 83.8 cm³/mol. The molecule has 0 aliphatic rings. The second-order valence-corrected chi connectivity index (χ2v) is 4.41. The molecule has 0 spiro atoms. The summed E-state index contributed by atoms with van der Waals surface area (Å²) in [6.07, 6.45) is 6.97. The monoisotopic (exact) mass is 285 g/mol. The third-order valence-corrected chi connectivity index (χ3v) is 2.73. The zero-order chi connectivity index (χ0) is 15.2. The molecule has 0 saturated heterocycles. The maximum atomic E-state index is 13.3. The normalized spacial score (nSPS) is 11.3. The fraction of sp³-hybridized carbons (Fsp3) is 0.0667. The van der Waals surface area contributed by atoms with Crippen molar-refractivity contribution in [3.05, 3.63) is 59.7 Å². The second kappa shape index (κ2) is 6.51. The van der Waals surface area contributed by atoms with Crippen molar-refractivity contribution in [1.82, 2.24) is 4.57 Å². The molecule has 1 aromatic heterocycles. The van der Waals surface area contributed by atoms with E-state index in [9.17, 15) is 4.39 Å². The number of benzene rings is 1. The molecule has 6 heteroatoms. The zero-order valence-corrected chi connectivity index (χ0v) is 11.6. The lowest BCUT2D eigenvalue weighted by Gasteiger charge is -2.05. The number of aryl methyl sites for hydroxylation is 1. The van der Waals surface area contributed by atoms with E-state index in [0.29, 0.717) is 0 Å². The Hall–Kier alpha value is -2.89. The second-order valence-electron chi connectivity index (χ2n) is 4.41. The molecule has 0 atom stereocenters. The average Bonchev–Trinajstić information content (AvgIpc) is 2.79. The van der Waals surface area contributed by atoms with E-state index < -0.39 is 0 Å². The van der Waals surface area contributed by atoms with Crippen LogP contribution in [0.1, 0.15) is 11.3 Å². The molecule has 4 N–H and O–H groups in total. The van der Waals surface area contributed by atoms with E-state index in [1.54, 1.807) is 12.1 Å². The number of nitrogens with zero attached hydrogens (tertiary/aromatic N) is 3. The molecule has 2 aromatic rings. The van der Waals surface area contributed by atoms with Gasteiger partial charge in [0.25, 0.3) is 0 Å². The van der Waals surface area contributed by atoms with Crippen LogP contribution in [0.15, 0.2) is 52.8 Å². The Morgan fingerprint density at radius 3 is 2.81 bits per heavy atom. The molecule has 0 amide bonds. The summed E-state index contributed by atoms with van der Waals surface area (Å²) in [6, 6.07) is 8.42. The van der Waals surface area contributed by atoms with Crippen molar-refractivity contribution in [1.29, 1.82) is 0 Å². The van der Waals surface area contributed by atoms with E-state index in [4.69, 9.17) is 11.5 Å². The summed E-state index contributed by atoms with van der Waals surface area (Å²) >= 11 is 0. The van der Waals surface area contributed by atoms with Crippen molar-refractivity contribution in [2.75, 3.05) is 0 Å². The van der Waals surface area contributed by atoms with Crippen LogP contribution in [0, 0.1) is 12.7 Å². The van der Waals surface area contributed by atoms with Gasteiger partial charge < -0.3 is 16.0 Å². The highest BCUT2D eigenvalue weighted by molar-refractivity contribution is 5.80. The zero-order valence-electron chi connectivity index (χ0n) is 11.6. The maximum absolute atomic E-state index is 13.3. The van der Waals surface area contributed by atoms with Crippen molar-refractivity contribution in [3.63, 3.8) is 0 Å². The van der Waals surface area contributed by atoms with Gasteiger partial charge in [0, 0.05) is 23.8 Å². The highest BCUT2D eigenvalue weighted by Crippen LogP contribution is 2.17. The number of nitrogens with two attached hydrogens (primary N) is 2. The van der Waals surface area contributed by atoms with Crippen LogP contribution in [-0.2, 0) is 0 Å². The molecule has 0 fully saturated rings. The predicted octanol–water partition coefficient (Wildman–Crippen LogP) is 2.20. The molecule has 108 valence electrons. The fourth-order valence-electron chi connectivity index (χ4n) is 1.89. The Labute approximate surface area is 122 Å². The third-order valence-electron chi connectivity index (χ3n) is 2.73.